The quantitative estimate of drug-likeness (QED) is 0.684. The lowest BCUT2D eigenvalue weighted by Gasteiger charge is -2.20. The highest BCUT2D eigenvalue weighted by Crippen LogP contribution is 2.33. The van der Waals surface area contributed by atoms with Crippen LogP contribution in [0.1, 0.15) is 36.4 Å². The lowest BCUT2D eigenvalue weighted by Crippen LogP contribution is -2.35. The molecule has 2 aliphatic rings. The second-order valence-electron chi connectivity index (χ2n) is 6.96. The number of nitrogens with one attached hydrogen (secondary N) is 1. The zero-order valence-electron chi connectivity index (χ0n) is 17.4. The fourth-order valence-electron chi connectivity index (χ4n) is 3.64. The Morgan fingerprint density at radius 1 is 1.23 bits per heavy atom. The molecule has 2 aliphatic heterocycles. The van der Waals surface area contributed by atoms with Crippen LogP contribution in [0.15, 0.2) is 46.0 Å². The molecule has 0 atom stereocenters. The van der Waals surface area contributed by atoms with E-state index in [0.29, 0.717) is 5.17 Å². The molecule has 2 aromatic rings. The van der Waals surface area contributed by atoms with Crippen LogP contribution in [0, 0.1) is 19.3 Å². The highest BCUT2D eigenvalue weighted by atomic mass is 32.2. The number of rotatable bonds is 4. The topological polar surface area (TPSA) is 73.8 Å². The number of hydrogen-bond donors (Lipinski definition) is 1. The number of benzene rings is 1. The molecule has 8 heteroatoms. The van der Waals surface area contributed by atoms with Crippen LogP contribution in [0.3, 0.4) is 0 Å². The first kappa shape index (κ1) is 20.7. The van der Waals surface area contributed by atoms with Gasteiger partial charge in [0.2, 0.25) is 5.17 Å². The van der Waals surface area contributed by atoms with Crippen molar-refractivity contribution in [2.75, 3.05) is 5.75 Å². The van der Waals surface area contributed by atoms with E-state index < -0.39 is 5.91 Å². The average Bonchev–Trinajstić information content (AvgIpc) is 3.25. The maximum absolute atomic E-state index is 12.7. The van der Waals surface area contributed by atoms with E-state index in [9.17, 15) is 4.79 Å². The van der Waals surface area contributed by atoms with Crippen molar-refractivity contribution >= 4 is 50.9 Å². The smallest absolute Gasteiger partial charge is 0.283 e. The SMILES string of the molecule is CCSC1=NN2C(=N)/C(=C\c3cc(C)n(-c4ccccc4CC)c3C)C(=O)N=C2S1. The summed E-state index contributed by atoms with van der Waals surface area (Å²) in [6.07, 6.45) is 2.70. The summed E-state index contributed by atoms with van der Waals surface area (Å²) >= 11 is 2.92. The van der Waals surface area contributed by atoms with Crippen molar-refractivity contribution in [3.05, 3.63) is 58.4 Å². The van der Waals surface area contributed by atoms with E-state index in [-0.39, 0.29) is 11.4 Å². The van der Waals surface area contributed by atoms with Gasteiger partial charge in [-0.1, -0.05) is 43.8 Å². The Balaban J connectivity index is 1.75. The highest BCUT2D eigenvalue weighted by Gasteiger charge is 2.35. The van der Waals surface area contributed by atoms with Gasteiger partial charge in [0.25, 0.3) is 5.91 Å². The number of aryl methyl sites for hydroxylation is 2. The van der Waals surface area contributed by atoms with Gasteiger partial charge in [0.1, 0.15) is 0 Å². The van der Waals surface area contributed by atoms with Crippen molar-refractivity contribution in [3.63, 3.8) is 0 Å². The second kappa shape index (κ2) is 8.28. The molecule has 0 unspecified atom stereocenters. The number of nitrogens with zero attached hydrogens (tertiary/aromatic N) is 4. The van der Waals surface area contributed by atoms with Gasteiger partial charge in [0.05, 0.1) is 5.57 Å². The van der Waals surface area contributed by atoms with Crippen LogP contribution in [0.25, 0.3) is 11.8 Å². The first-order valence-corrected chi connectivity index (χ1v) is 11.6. The van der Waals surface area contributed by atoms with Crippen LogP contribution in [-0.4, -0.2) is 36.6 Å². The summed E-state index contributed by atoms with van der Waals surface area (Å²) in [7, 11) is 0. The van der Waals surface area contributed by atoms with Crippen molar-refractivity contribution in [1.29, 1.82) is 5.41 Å². The number of thioether (sulfide) groups is 2. The molecule has 154 valence electrons. The zero-order chi connectivity index (χ0) is 21.4. The van der Waals surface area contributed by atoms with E-state index in [1.165, 1.54) is 22.3 Å². The minimum atomic E-state index is -0.393. The number of amides is 1. The van der Waals surface area contributed by atoms with E-state index in [4.69, 9.17) is 5.41 Å². The molecule has 1 amide bonds. The van der Waals surface area contributed by atoms with Crippen molar-refractivity contribution in [1.82, 2.24) is 9.58 Å². The molecule has 30 heavy (non-hydrogen) atoms. The molecule has 0 radical (unpaired) electrons. The summed E-state index contributed by atoms with van der Waals surface area (Å²) in [5.41, 5.74) is 5.68. The van der Waals surface area contributed by atoms with Gasteiger partial charge >= 0.3 is 0 Å². The largest absolute Gasteiger partial charge is 0.318 e. The lowest BCUT2D eigenvalue weighted by molar-refractivity contribution is -0.114. The zero-order valence-corrected chi connectivity index (χ0v) is 19.0. The third kappa shape index (κ3) is 3.54. The van der Waals surface area contributed by atoms with Crippen molar-refractivity contribution in [2.45, 2.75) is 34.1 Å². The number of carbonyl (C=O) groups excluding carboxylic acids is 1. The van der Waals surface area contributed by atoms with Gasteiger partial charge in [-0.2, -0.15) is 10.0 Å². The Morgan fingerprint density at radius 3 is 2.73 bits per heavy atom. The summed E-state index contributed by atoms with van der Waals surface area (Å²) in [5, 5.41) is 14.9. The number of hydrogen-bond acceptors (Lipinski definition) is 5. The molecule has 6 nitrogen and oxygen atoms in total. The van der Waals surface area contributed by atoms with E-state index >= 15 is 0 Å². The van der Waals surface area contributed by atoms with Crippen LogP contribution in [-0.2, 0) is 11.2 Å². The van der Waals surface area contributed by atoms with Gasteiger partial charge in [-0.05, 0) is 67.1 Å². The van der Waals surface area contributed by atoms with Gasteiger partial charge < -0.3 is 4.57 Å². The maximum atomic E-state index is 12.7. The molecule has 0 saturated carbocycles. The van der Waals surface area contributed by atoms with Crippen LogP contribution < -0.4 is 0 Å². The standard InChI is InChI=1S/C22H23N5OS2/c1-5-15-9-7-8-10-18(15)26-13(3)11-16(14(26)4)12-17-19(23)27-21(24-20(17)28)30-22(25-27)29-6-2/h7-12,23H,5-6H2,1-4H3/b17-12+,23-19?. The summed E-state index contributed by atoms with van der Waals surface area (Å²) in [4.78, 5) is 16.9. The van der Waals surface area contributed by atoms with Crippen molar-refractivity contribution in [2.24, 2.45) is 10.1 Å². The first-order valence-electron chi connectivity index (χ1n) is 9.84. The molecule has 0 spiro atoms. The Hall–Kier alpha value is -2.58. The number of aliphatic imine (C=N–C) groups is 1. The highest BCUT2D eigenvalue weighted by molar-refractivity contribution is 8.45. The molecular weight excluding hydrogens is 414 g/mol. The first-order chi connectivity index (χ1) is 14.4. The average molecular weight is 438 g/mol. The molecule has 0 fully saturated rings. The van der Waals surface area contributed by atoms with Gasteiger partial charge in [0.15, 0.2) is 10.2 Å². The molecular formula is C22H23N5OS2. The summed E-state index contributed by atoms with van der Waals surface area (Å²) < 4.78 is 3.01. The minimum absolute atomic E-state index is 0.0722. The van der Waals surface area contributed by atoms with Crippen LogP contribution in [0.2, 0.25) is 0 Å². The van der Waals surface area contributed by atoms with E-state index in [2.05, 4.69) is 52.8 Å². The van der Waals surface area contributed by atoms with Crippen molar-refractivity contribution < 1.29 is 4.79 Å². The minimum Gasteiger partial charge on any atom is -0.318 e. The molecule has 0 saturated heterocycles. The van der Waals surface area contributed by atoms with Gasteiger partial charge in [-0.15, -0.1) is 5.10 Å². The van der Waals surface area contributed by atoms with Crippen LogP contribution in [0.5, 0.6) is 0 Å². The molecule has 1 aromatic heterocycles. The third-order valence-electron chi connectivity index (χ3n) is 5.09. The number of para-hydroxylation sites is 1. The number of hydrazone groups is 1. The monoisotopic (exact) mass is 437 g/mol. The Morgan fingerprint density at radius 2 is 2.00 bits per heavy atom. The number of aromatic nitrogens is 1. The van der Waals surface area contributed by atoms with Gasteiger partial charge in [-0.25, -0.2) is 0 Å². The normalized spacial score (nSPS) is 17.5. The van der Waals surface area contributed by atoms with E-state index in [1.54, 1.807) is 17.8 Å². The molecule has 1 N–H and O–H groups in total. The van der Waals surface area contributed by atoms with Gasteiger partial charge in [0, 0.05) is 17.1 Å². The molecule has 0 bridgehead atoms. The third-order valence-corrected chi connectivity index (χ3v) is 7.01. The summed E-state index contributed by atoms with van der Waals surface area (Å²) in [6.45, 7) is 8.28. The van der Waals surface area contributed by atoms with E-state index in [0.717, 1.165) is 39.2 Å². The molecule has 3 heterocycles. The Kier molecular flexibility index (Phi) is 5.71. The number of carbonyl (C=O) groups is 1. The summed E-state index contributed by atoms with van der Waals surface area (Å²) in [6, 6.07) is 10.4. The molecule has 0 aliphatic carbocycles. The van der Waals surface area contributed by atoms with E-state index in [1.807, 2.05) is 19.9 Å². The second-order valence-corrected chi connectivity index (χ2v) is 9.43. The fourth-order valence-corrected chi connectivity index (χ4v) is 5.47. The fraction of sp³-hybridized carbons (Fsp3) is 0.273. The predicted octanol–water partition coefficient (Wildman–Crippen LogP) is 4.99. The molecule has 4 rings (SSSR count). The number of amidine groups is 2. The maximum Gasteiger partial charge on any atom is 0.283 e. The molecule has 1 aromatic carbocycles. The lowest BCUT2D eigenvalue weighted by atomic mass is 10.1. The number of fused-ring (bicyclic) bond motifs is 1. The Labute approximate surface area is 184 Å². The van der Waals surface area contributed by atoms with Gasteiger partial charge in [-0.3, -0.25) is 10.2 Å². The van der Waals surface area contributed by atoms with Crippen LogP contribution in [0.4, 0.5) is 0 Å². The Bertz CT molecular complexity index is 1140. The summed E-state index contributed by atoms with van der Waals surface area (Å²) in [5.74, 6) is 0.556. The predicted molar refractivity (Wildman–Crippen MR) is 128 cm³/mol. The van der Waals surface area contributed by atoms with Crippen LogP contribution >= 0.6 is 23.5 Å². The van der Waals surface area contributed by atoms with Crippen molar-refractivity contribution in [3.8, 4) is 5.69 Å².